The summed E-state index contributed by atoms with van der Waals surface area (Å²) in [5.74, 6) is 0. The average molecular weight is 176 g/mol. The number of thioether (sulfide) groups is 2. The summed E-state index contributed by atoms with van der Waals surface area (Å²) in [5.41, 5.74) is 0. The fourth-order valence-corrected chi connectivity index (χ4v) is 0.680. The molecule has 10 heavy (non-hydrogen) atoms. The summed E-state index contributed by atoms with van der Waals surface area (Å²) in [6.45, 7) is 0. The molecule has 0 aromatic carbocycles. The second-order valence-corrected chi connectivity index (χ2v) is 3.00. The first-order valence-electron chi connectivity index (χ1n) is 2.54. The minimum atomic E-state index is -0.0950. The van der Waals surface area contributed by atoms with E-state index in [0.717, 1.165) is 23.5 Å². The Bertz CT molecular complexity index is 145. The van der Waals surface area contributed by atoms with Crippen molar-refractivity contribution in [1.82, 2.24) is 0 Å². The zero-order valence-corrected chi connectivity index (χ0v) is 7.42. The fraction of sp³-hybridized carbons (Fsp3) is 0.333. The first-order valence-corrected chi connectivity index (χ1v) is 4.99. The van der Waals surface area contributed by atoms with Gasteiger partial charge in [-0.15, -0.1) is 0 Å². The maximum absolute atomic E-state index is 10.5. The van der Waals surface area contributed by atoms with Gasteiger partial charge in [0.05, 0.1) is 0 Å². The summed E-state index contributed by atoms with van der Waals surface area (Å²) in [6.07, 6.45) is 5.92. The fourth-order valence-electron chi connectivity index (χ4n) is 0.272. The predicted molar refractivity (Wildman–Crippen MR) is 46.2 cm³/mol. The van der Waals surface area contributed by atoms with E-state index < -0.39 is 0 Å². The first kappa shape index (κ1) is 9.78. The lowest BCUT2D eigenvalue weighted by atomic mass is 10.5. The number of hydrogen-bond donors (Lipinski definition) is 0. The highest BCUT2D eigenvalue weighted by Crippen LogP contribution is 1.99. The molecule has 0 aromatic heterocycles. The van der Waals surface area contributed by atoms with Gasteiger partial charge in [-0.25, -0.2) is 0 Å². The molecule has 2 nitrogen and oxygen atoms in total. The zero-order chi connectivity index (χ0) is 7.98. The van der Waals surface area contributed by atoms with Gasteiger partial charge in [0, 0.05) is 0 Å². The molecule has 0 aromatic rings. The third-order valence-electron chi connectivity index (χ3n) is 0.758. The second-order valence-electron chi connectivity index (χ2n) is 1.38. The zero-order valence-electron chi connectivity index (χ0n) is 5.79. The molecule has 4 heteroatoms. The van der Waals surface area contributed by atoms with E-state index in [0.29, 0.717) is 0 Å². The molecule has 0 atom stereocenters. The summed E-state index contributed by atoms with van der Waals surface area (Å²) in [4.78, 5) is 21.1. The average Bonchev–Trinajstić information content (AvgIpc) is 1.99. The number of hydrogen-bond acceptors (Lipinski definition) is 4. The summed E-state index contributed by atoms with van der Waals surface area (Å²) in [7, 11) is 0. The van der Waals surface area contributed by atoms with Crippen molar-refractivity contribution < 1.29 is 9.59 Å². The van der Waals surface area contributed by atoms with Gasteiger partial charge in [0.25, 0.3) is 0 Å². The maximum atomic E-state index is 10.5. The molecule has 0 spiro atoms. The molecular formula is C6H8O2S2. The Hall–Kier alpha value is -0.220. The van der Waals surface area contributed by atoms with Crippen molar-refractivity contribution >= 4 is 33.8 Å². The molecule has 0 aliphatic carbocycles. The molecule has 0 fully saturated rings. The van der Waals surface area contributed by atoms with Crippen LogP contribution in [-0.4, -0.2) is 22.7 Å². The smallest absolute Gasteiger partial charge is 0.212 e. The Kier molecular flexibility index (Phi) is 5.43. The predicted octanol–water partition coefficient (Wildman–Crippen LogP) is 1.32. The molecule has 0 unspecified atom stereocenters. The van der Waals surface area contributed by atoms with Crippen LogP contribution in [0.25, 0.3) is 0 Å². The van der Waals surface area contributed by atoms with E-state index in [1.165, 1.54) is 12.2 Å². The summed E-state index contributed by atoms with van der Waals surface area (Å²) >= 11 is 2.18. The van der Waals surface area contributed by atoms with E-state index in [9.17, 15) is 9.59 Å². The highest BCUT2D eigenvalue weighted by Gasteiger charge is 1.93. The Balaban J connectivity index is 3.75. The third kappa shape index (κ3) is 4.64. The van der Waals surface area contributed by atoms with Gasteiger partial charge in [-0.2, -0.15) is 0 Å². The standard InChI is InChI=1S/C6H8O2S2/c1-9-5(7)3-4-6(8)10-2/h3-4H,1-2H3. The third-order valence-corrected chi connectivity index (χ3v) is 1.83. The topological polar surface area (TPSA) is 34.1 Å². The van der Waals surface area contributed by atoms with E-state index >= 15 is 0 Å². The van der Waals surface area contributed by atoms with Crippen LogP contribution in [0, 0.1) is 0 Å². The van der Waals surface area contributed by atoms with E-state index in [1.807, 2.05) is 0 Å². The molecule has 56 valence electrons. The van der Waals surface area contributed by atoms with Crippen molar-refractivity contribution in [2.45, 2.75) is 0 Å². The lowest BCUT2D eigenvalue weighted by molar-refractivity contribution is -0.109. The van der Waals surface area contributed by atoms with Gasteiger partial charge in [-0.3, -0.25) is 9.59 Å². The SMILES string of the molecule is CSC(=O)C=CC(=O)SC. The lowest BCUT2D eigenvalue weighted by Crippen LogP contribution is -1.86. The van der Waals surface area contributed by atoms with Gasteiger partial charge in [0.1, 0.15) is 0 Å². The van der Waals surface area contributed by atoms with Crippen LogP contribution in [0.3, 0.4) is 0 Å². The number of rotatable bonds is 2. The summed E-state index contributed by atoms with van der Waals surface area (Å²) in [6, 6.07) is 0. The molecule has 0 saturated carbocycles. The minimum Gasteiger partial charge on any atom is -0.282 e. The van der Waals surface area contributed by atoms with Crippen molar-refractivity contribution in [3.63, 3.8) is 0 Å². The van der Waals surface area contributed by atoms with E-state index in [1.54, 1.807) is 12.5 Å². The van der Waals surface area contributed by atoms with Crippen molar-refractivity contribution in [3.8, 4) is 0 Å². The summed E-state index contributed by atoms with van der Waals surface area (Å²) in [5, 5.41) is -0.190. The lowest BCUT2D eigenvalue weighted by Gasteiger charge is -1.83. The summed E-state index contributed by atoms with van der Waals surface area (Å²) < 4.78 is 0. The largest absolute Gasteiger partial charge is 0.282 e. The van der Waals surface area contributed by atoms with Gasteiger partial charge < -0.3 is 0 Å². The Labute approximate surface area is 68.4 Å². The quantitative estimate of drug-likeness (QED) is 0.594. The van der Waals surface area contributed by atoms with E-state index in [-0.39, 0.29) is 10.2 Å². The molecule has 0 aliphatic heterocycles. The van der Waals surface area contributed by atoms with Crippen LogP contribution in [0.15, 0.2) is 12.2 Å². The molecule has 0 aliphatic rings. The Morgan fingerprint density at radius 1 is 1.00 bits per heavy atom. The van der Waals surface area contributed by atoms with Crippen molar-refractivity contribution in [2.75, 3.05) is 12.5 Å². The molecule has 0 saturated heterocycles. The maximum Gasteiger partial charge on any atom is 0.212 e. The monoisotopic (exact) mass is 176 g/mol. The van der Waals surface area contributed by atoms with Gasteiger partial charge in [-0.1, -0.05) is 23.5 Å². The molecule has 0 amide bonds. The van der Waals surface area contributed by atoms with E-state index in [4.69, 9.17) is 0 Å². The van der Waals surface area contributed by atoms with Crippen LogP contribution in [0.2, 0.25) is 0 Å². The molecular weight excluding hydrogens is 168 g/mol. The van der Waals surface area contributed by atoms with Crippen LogP contribution < -0.4 is 0 Å². The van der Waals surface area contributed by atoms with Crippen LogP contribution in [0.5, 0.6) is 0 Å². The molecule has 0 N–H and O–H groups in total. The van der Waals surface area contributed by atoms with Gasteiger partial charge in [0.15, 0.2) is 0 Å². The minimum absolute atomic E-state index is 0.0950. The molecule has 0 heterocycles. The highest BCUT2D eigenvalue weighted by atomic mass is 32.2. The van der Waals surface area contributed by atoms with Gasteiger partial charge >= 0.3 is 0 Å². The normalized spacial score (nSPS) is 10.2. The van der Waals surface area contributed by atoms with Crippen LogP contribution in [-0.2, 0) is 9.59 Å². The Morgan fingerprint density at radius 2 is 1.30 bits per heavy atom. The highest BCUT2D eigenvalue weighted by molar-refractivity contribution is 8.14. The second kappa shape index (κ2) is 5.56. The van der Waals surface area contributed by atoms with Gasteiger partial charge in [0.2, 0.25) is 10.2 Å². The van der Waals surface area contributed by atoms with Crippen molar-refractivity contribution in [1.29, 1.82) is 0 Å². The van der Waals surface area contributed by atoms with Crippen molar-refractivity contribution in [3.05, 3.63) is 12.2 Å². The molecule has 0 radical (unpaired) electrons. The first-order chi connectivity index (χ1) is 4.70. The van der Waals surface area contributed by atoms with Gasteiger partial charge in [-0.05, 0) is 24.7 Å². The number of carbonyl (C=O) groups is 2. The van der Waals surface area contributed by atoms with Crippen molar-refractivity contribution in [2.24, 2.45) is 0 Å². The van der Waals surface area contributed by atoms with E-state index in [2.05, 4.69) is 0 Å². The van der Waals surface area contributed by atoms with Crippen LogP contribution in [0.4, 0.5) is 0 Å². The van der Waals surface area contributed by atoms with Crippen LogP contribution in [0.1, 0.15) is 0 Å². The number of carbonyl (C=O) groups excluding carboxylic acids is 2. The Morgan fingerprint density at radius 3 is 1.50 bits per heavy atom. The molecule has 0 bridgehead atoms. The molecule has 0 rings (SSSR count). The van der Waals surface area contributed by atoms with Crippen LogP contribution >= 0.6 is 23.5 Å².